The summed E-state index contributed by atoms with van der Waals surface area (Å²) in [6, 6.07) is 3.35. The van der Waals surface area contributed by atoms with Gasteiger partial charge in [0, 0.05) is 18.8 Å². The van der Waals surface area contributed by atoms with E-state index in [9.17, 15) is 18.0 Å². The van der Waals surface area contributed by atoms with E-state index in [0.29, 0.717) is 24.7 Å². The maximum Gasteiger partial charge on any atom is 0.417 e. The van der Waals surface area contributed by atoms with Crippen LogP contribution in [0.15, 0.2) is 18.2 Å². The van der Waals surface area contributed by atoms with Crippen LogP contribution in [-0.4, -0.2) is 24.2 Å². The monoisotopic (exact) mass is 289 g/mol. The van der Waals surface area contributed by atoms with Gasteiger partial charge in [0.1, 0.15) is 0 Å². The van der Waals surface area contributed by atoms with Crippen molar-refractivity contribution in [3.63, 3.8) is 0 Å². The summed E-state index contributed by atoms with van der Waals surface area (Å²) in [7, 11) is 0. The molecule has 1 rings (SSSR count). The van der Waals surface area contributed by atoms with E-state index in [0.717, 1.165) is 12.1 Å². The van der Waals surface area contributed by atoms with Gasteiger partial charge in [0.05, 0.1) is 11.1 Å². The predicted molar refractivity (Wildman–Crippen MR) is 71.1 cm³/mol. The highest BCUT2D eigenvalue weighted by Gasteiger charge is 2.35. The number of alkyl halides is 3. The minimum absolute atomic E-state index is 0.295. The van der Waals surface area contributed by atoms with Crippen LogP contribution in [0, 0.1) is 5.92 Å². The summed E-state index contributed by atoms with van der Waals surface area (Å²) >= 11 is 0. The van der Waals surface area contributed by atoms with Gasteiger partial charge in [-0.05, 0) is 31.0 Å². The van der Waals surface area contributed by atoms with Gasteiger partial charge in [0.15, 0.2) is 0 Å². The Labute approximate surface area is 116 Å². The molecule has 0 bridgehead atoms. The lowest BCUT2D eigenvalue weighted by Gasteiger charge is -2.26. The lowest BCUT2D eigenvalue weighted by molar-refractivity contribution is -0.138. The lowest BCUT2D eigenvalue weighted by Crippen LogP contribution is -2.27. The number of halogens is 3. The number of hydrogen-bond donors (Lipinski definition) is 1. The Morgan fingerprint density at radius 3 is 2.35 bits per heavy atom. The number of anilines is 1. The van der Waals surface area contributed by atoms with E-state index in [4.69, 9.17) is 5.11 Å². The van der Waals surface area contributed by atoms with E-state index in [1.54, 1.807) is 4.90 Å². The molecule has 0 aliphatic carbocycles. The summed E-state index contributed by atoms with van der Waals surface area (Å²) in [5, 5.41) is 8.85. The Morgan fingerprint density at radius 2 is 1.95 bits per heavy atom. The van der Waals surface area contributed by atoms with Crippen LogP contribution in [-0.2, 0) is 6.18 Å². The van der Waals surface area contributed by atoms with E-state index >= 15 is 0 Å². The molecule has 112 valence electrons. The van der Waals surface area contributed by atoms with Gasteiger partial charge in [-0.3, -0.25) is 0 Å². The first-order chi connectivity index (χ1) is 9.16. The maximum absolute atomic E-state index is 12.9. The smallest absolute Gasteiger partial charge is 0.417 e. The van der Waals surface area contributed by atoms with Crippen molar-refractivity contribution < 1.29 is 23.1 Å². The van der Waals surface area contributed by atoms with Gasteiger partial charge < -0.3 is 10.0 Å². The zero-order valence-electron chi connectivity index (χ0n) is 11.7. The Kier molecular flexibility index (Phi) is 5.03. The molecule has 0 saturated heterocycles. The maximum atomic E-state index is 12.9. The summed E-state index contributed by atoms with van der Waals surface area (Å²) in [5.41, 5.74) is -1.44. The van der Waals surface area contributed by atoms with Crippen LogP contribution in [0.3, 0.4) is 0 Å². The topological polar surface area (TPSA) is 40.5 Å². The quantitative estimate of drug-likeness (QED) is 0.894. The third-order valence-corrected chi connectivity index (χ3v) is 2.87. The second-order valence-corrected chi connectivity index (χ2v) is 4.97. The van der Waals surface area contributed by atoms with Gasteiger partial charge in [-0.25, -0.2) is 4.79 Å². The number of nitrogens with zero attached hydrogens (tertiary/aromatic N) is 1. The largest absolute Gasteiger partial charge is 0.478 e. The molecule has 0 unspecified atom stereocenters. The highest BCUT2D eigenvalue weighted by atomic mass is 19.4. The number of carboxylic acid groups (broad SMARTS) is 1. The van der Waals surface area contributed by atoms with Crippen molar-refractivity contribution >= 4 is 11.7 Å². The number of carbonyl (C=O) groups is 1. The first-order valence-corrected chi connectivity index (χ1v) is 6.36. The van der Waals surface area contributed by atoms with Gasteiger partial charge >= 0.3 is 12.1 Å². The molecule has 0 amide bonds. The van der Waals surface area contributed by atoms with Crippen molar-refractivity contribution in [3.05, 3.63) is 29.3 Å². The highest BCUT2D eigenvalue weighted by Crippen LogP contribution is 2.34. The van der Waals surface area contributed by atoms with Gasteiger partial charge in [-0.2, -0.15) is 13.2 Å². The normalized spacial score (nSPS) is 11.8. The number of rotatable bonds is 5. The van der Waals surface area contributed by atoms with Gasteiger partial charge in [-0.15, -0.1) is 0 Å². The van der Waals surface area contributed by atoms with Crippen LogP contribution in [0.25, 0.3) is 0 Å². The van der Waals surface area contributed by atoms with E-state index in [2.05, 4.69) is 0 Å². The first-order valence-electron chi connectivity index (χ1n) is 6.36. The van der Waals surface area contributed by atoms with Crippen LogP contribution in [0.5, 0.6) is 0 Å². The van der Waals surface area contributed by atoms with Crippen LogP contribution in [0.1, 0.15) is 36.7 Å². The fourth-order valence-corrected chi connectivity index (χ4v) is 2.01. The Balaban J connectivity index is 3.28. The number of hydrogen-bond acceptors (Lipinski definition) is 2. The molecule has 0 aromatic heterocycles. The predicted octanol–water partition coefficient (Wildman–Crippen LogP) is 3.89. The molecule has 0 aliphatic heterocycles. The zero-order chi connectivity index (χ0) is 15.5. The number of benzene rings is 1. The molecule has 0 saturated carbocycles. The molecule has 1 aromatic carbocycles. The van der Waals surface area contributed by atoms with Crippen molar-refractivity contribution in [3.8, 4) is 0 Å². The SMILES string of the molecule is CCN(CC(C)C)c1ccc(C(=O)O)c(C(F)(F)F)c1. The molecule has 3 nitrogen and oxygen atoms in total. The third-order valence-electron chi connectivity index (χ3n) is 2.87. The van der Waals surface area contributed by atoms with E-state index < -0.39 is 23.3 Å². The van der Waals surface area contributed by atoms with Crippen molar-refractivity contribution in [2.75, 3.05) is 18.0 Å². The summed E-state index contributed by atoms with van der Waals surface area (Å²) in [6.07, 6.45) is -4.68. The molecule has 0 radical (unpaired) electrons. The van der Waals surface area contributed by atoms with Crippen LogP contribution in [0.4, 0.5) is 18.9 Å². The van der Waals surface area contributed by atoms with Crippen molar-refractivity contribution in [2.24, 2.45) is 5.92 Å². The molecule has 1 N–H and O–H groups in total. The molecular weight excluding hydrogens is 271 g/mol. The highest BCUT2D eigenvalue weighted by molar-refractivity contribution is 5.90. The first kappa shape index (κ1) is 16.3. The second-order valence-electron chi connectivity index (χ2n) is 4.97. The minimum Gasteiger partial charge on any atom is -0.478 e. The molecule has 0 aliphatic rings. The molecular formula is C14H18F3NO2. The van der Waals surface area contributed by atoms with Crippen molar-refractivity contribution in [1.29, 1.82) is 0 Å². The second kappa shape index (κ2) is 6.15. The lowest BCUT2D eigenvalue weighted by atomic mass is 10.0. The third kappa shape index (κ3) is 3.88. The van der Waals surface area contributed by atoms with Gasteiger partial charge in [-0.1, -0.05) is 13.8 Å². The Morgan fingerprint density at radius 1 is 1.35 bits per heavy atom. The van der Waals surface area contributed by atoms with Crippen LogP contribution >= 0.6 is 0 Å². The van der Waals surface area contributed by atoms with Crippen molar-refractivity contribution in [2.45, 2.75) is 26.9 Å². The van der Waals surface area contributed by atoms with Crippen LogP contribution in [0.2, 0.25) is 0 Å². The summed E-state index contributed by atoms with van der Waals surface area (Å²) < 4.78 is 38.8. The average Bonchev–Trinajstić information content (AvgIpc) is 2.33. The van der Waals surface area contributed by atoms with Gasteiger partial charge in [0.2, 0.25) is 0 Å². The molecule has 6 heteroatoms. The standard InChI is InChI=1S/C14H18F3NO2/c1-4-18(8-9(2)3)10-5-6-11(13(19)20)12(7-10)14(15,16)17/h5-7,9H,4,8H2,1-3H3,(H,19,20). The number of carboxylic acids is 1. The Bertz CT molecular complexity index is 484. The average molecular weight is 289 g/mol. The molecule has 0 heterocycles. The Hall–Kier alpha value is -1.72. The van der Waals surface area contributed by atoms with Gasteiger partial charge in [0.25, 0.3) is 0 Å². The fourth-order valence-electron chi connectivity index (χ4n) is 2.01. The molecule has 1 aromatic rings. The van der Waals surface area contributed by atoms with E-state index in [1.165, 1.54) is 6.07 Å². The summed E-state index contributed by atoms with van der Waals surface area (Å²) in [4.78, 5) is 12.7. The zero-order valence-corrected chi connectivity index (χ0v) is 11.7. The molecule has 0 atom stereocenters. The minimum atomic E-state index is -4.68. The summed E-state index contributed by atoms with van der Waals surface area (Å²) in [5.74, 6) is -1.28. The fraction of sp³-hybridized carbons (Fsp3) is 0.500. The van der Waals surface area contributed by atoms with E-state index in [1.807, 2.05) is 20.8 Å². The number of aromatic carboxylic acids is 1. The van der Waals surface area contributed by atoms with Crippen LogP contribution < -0.4 is 4.90 Å². The molecule has 20 heavy (non-hydrogen) atoms. The summed E-state index contributed by atoms with van der Waals surface area (Å²) in [6.45, 7) is 6.96. The van der Waals surface area contributed by atoms with Crippen molar-refractivity contribution in [1.82, 2.24) is 0 Å². The molecule has 0 fully saturated rings. The van der Waals surface area contributed by atoms with E-state index in [-0.39, 0.29) is 0 Å². The molecule has 0 spiro atoms.